The van der Waals surface area contributed by atoms with Crippen molar-refractivity contribution < 1.29 is 4.79 Å². The Bertz CT molecular complexity index is 913. The van der Waals surface area contributed by atoms with E-state index in [2.05, 4.69) is 15.3 Å². The second-order valence-electron chi connectivity index (χ2n) is 7.33. The van der Waals surface area contributed by atoms with E-state index in [4.69, 9.17) is 11.6 Å². The topological polar surface area (TPSA) is 72.2 Å². The number of hydrogen-bond donors (Lipinski definition) is 1. The molecule has 1 saturated heterocycles. The summed E-state index contributed by atoms with van der Waals surface area (Å²) >= 11 is 6.43. The summed E-state index contributed by atoms with van der Waals surface area (Å²) in [4.78, 5) is 27.0. The van der Waals surface area contributed by atoms with Gasteiger partial charge in [0, 0.05) is 44.7 Å². The lowest BCUT2D eigenvalue weighted by molar-refractivity contribution is 0.0933. The summed E-state index contributed by atoms with van der Waals surface area (Å²) in [6, 6.07) is 5.55. The van der Waals surface area contributed by atoms with Gasteiger partial charge in [-0.25, -0.2) is 9.48 Å². The summed E-state index contributed by atoms with van der Waals surface area (Å²) in [5.74, 6) is 0.666. The number of aryl methyl sites for hydroxylation is 2. The van der Waals surface area contributed by atoms with Gasteiger partial charge >= 0.3 is 5.69 Å². The number of fused-ring (bicyclic) bond motifs is 1. The first-order valence-corrected chi connectivity index (χ1v) is 9.89. The van der Waals surface area contributed by atoms with Crippen molar-refractivity contribution >= 4 is 23.2 Å². The average Bonchev–Trinajstić information content (AvgIpc) is 3.21. The Hall–Kier alpha value is -2.28. The van der Waals surface area contributed by atoms with E-state index in [0.29, 0.717) is 30.0 Å². The minimum Gasteiger partial charge on any atom is -0.370 e. The van der Waals surface area contributed by atoms with E-state index >= 15 is 0 Å². The predicted octanol–water partition coefficient (Wildman–Crippen LogP) is 1.97. The maximum Gasteiger partial charge on any atom is 0.345 e. The third-order valence-electron chi connectivity index (χ3n) is 5.49. The van der Waals surface area contributed by atoms with Gasteiger partial charge in [0.15, 0.2) is 0 Å². The molecule has 0 aliphatic carbocycles. The van der Waals surface area contributed by atoms with E-state index in [1.165, 1.54) is 17.5 Å². The zero-order valence-corrected chi connectivity index (χ0v) is 16.2. The first-order chi connectivity index (χ1) is 13.0. The molecule has 2 aromatic rings. The van der Waals surface area contributed by atoms with Crippen LogP contribution in [0.15, 0.2) is 23.0 Å². The molecule has 0 saturated carbocycles. The highest BCUT2D eigenvalue weighted by Gasteiger charge is 2.22. The number of nitrogens with one attached hydrogen (secondary N) is 1. The lowest BCUT2D eigenvalue weighted by Crippen LogP contribution is -2.35. The molecule has 1 amide bonds. The van der Waals surface area contributed by atoms with Crippen LogP contribution in [0.25, 0.3) is 0 Å². The Morgan fingerprint density at radius 1 is 1.22 bits per heavy atom. The third-order valence-corrected chi connectivity index (χ3v) is 5.80. The molecular weight excluding hydrogens is 366 g/mol. The number of aromatic nitrogens is 3. The molecule has 1 aromatic carbocycles. The monoisotopic (exact) mass is 389 g/mol. The largest absolute Gasteiger partial charge is 0.370 e. The van der Waals surface area contributed by atoms with E-state index in [1.54, 1.807) is 17.7 Å². The van der Waals surface area contributed by atoms with Crippen molar-refractivity contribution in [3.8, 4) is 0 Å². The predicted molar refractivity (Wildman–Crippen MR) is 105 cm³/mol. The number of nitrogens with zero attached hydrogens (tertiary/aromatic N) is 4. The second kappa shape index (κ2) is 7.38. The van der Waals surface area contributed by atoms with Gasteiger partial charge in [-0.15, -0.1) is 0 Å². The Morgan fingerprint density at radius 3 is 2.74 bits per heavy atom. The van der Waals surface area contributed by atoms with Crippen molar-refractivity contribution in [3.63, 3.8) is 0 Å². The van der Waals surface area contributed by atoms with Crippen LogP contribution < -0.4 is 15.9 Å². The number of carbonyl (C=O) groups is 1. The lowest BCUT2D eigenvalue weighted by Gasteiger charge is -2.20. The normalized spacial score (nSPS) is 19.6. The number of amides is 1. The Kier molecular flexibility index (Phi) is 4.95. The number of rotatable bonds is 3. The molecule has 8 heteroatoms. The molecule has 1 atom stereocenters. The quantitative estimate of drug-likeness (QED) is 0.871. The van der Waals surface area contributed by atoms with E-state index in [1.807, 2.05) is 12.1 Å². The van der Waals surface area contributed by atoms with Gasteiger partial charge in [0.1, 0.15) is 5.82 Å². The second-order valence-corrected chi connectivity index (χ2v) is 7.74. The molecule has 27 heavy (non-hydrogen) atoms. The van der Waals surface area contributed by atoms with E-state index < -0.39 is 0 Å². The summed E-state index contributed by atoms with van der Waals surface area (Å²) in [6.07, 6.45) is 4.52. The molecule has 2 aliphatic rings. The highest BCUT2D eigenvalue weighted by Crippen LogP contribution is 2.29. The van der Waals surface area contributed by atoms with Crippen LogP contribution in [0, 0.1) is 0 Å². The molecule has 1 fully saturated rings. The first-order valence-electron chi connectivity index (χ1n) is 9.51. The van der Waals surface area contributed by atoms with Gasteiger partial charge in [-0.1, -0.05) is 11.6 Å². The minimum atomic E-state index is -0.123. The number of anilines is 1. The van der Waals surface area contributed by atoms with Crippen LogP contribution in [0.4, 0.5) is 5.69 Å². The Labute approximate surface area is 162 Å². The molecule has 1 unspecified atom stereocenters. The molecule has 0 radical (unpaired) electrons. The summed E-state index contributed by atoms with van der Waals surface area (Å²) in [6.45, 7) is 2.60. The fourth-order valence-corrected chi connectivity index (χ4v) is 4.27. The lowest BCUT2D eigenvalue weighted by atomic mass is 10.1. The number of halogens is 1. The van der Waals surface area contributed by atoms with Crippen LogP contribution in [0.3, 0.4) is 0 Å². The molecule has 0 bridgehead atoms. The molecule has 144 valence electrons. The van der Waals surface area contributed by atoms with Gasteiger partial charge in [-0.2, -0.15) is 5.10 Å². The fraction of sp³-hybridized carbons (Fsp3) is 0.526. The maximum atomic E-state index is 12.7. The molecular formula is C19H24ClN5O2. The highest BCUT2D eigenvalue weighted by molar-refractivity contribution is 6.33. The Balaban J connectivity index is 1.42. The van der Waals surface area contributed by atoms with E-state index in [0.717, 1.165) is 31.0 Å². The van der Waals surface area contributed by atoms with Crippen molar-refractivity contribution in [3.05, 3.63) is 45.1 Å². The summed E-state index contributed by atoms with van der Waals surface area (Å²) in [5, 5.41) is 7.98. The molecule has 4 rings (SSSR count). The zero-order valence-electron chi connectivity index (χ0n) is 15.4. The van der Waals surface area contributed by atoms with Crippen molar-refractivity contribution in [1.29, 1.82) is 0 Å². The van der Waals surface area contributed by atoms with Crippen molar-refractivity contribution in [1.82, 2.24) is 19.7 Å². The van der Waals surface area contributed by atoms with Crippen LogP contribution in [0.1, 0.15) is 41.9 Å². The molecule has 1 N–H and O–H groups in total. The summed E-state index contributed by atoms with van der Waals surface area (Å²) < 4.78 is 3.08. The van der Waals surface area contributed by atoms with Crippen molar-refractivity contribution in [2.24, 2.45) is 7.05 Å². The van der Waals surface area contributed by atoms with Gasteiger partial charge in [-0.3, -0.25) is 9.36 Å². The minimum absolute atomic E-state index is 0.0148. The average molecular weight is 390 g/mol. The molecule has 3 heterocycles. The van der Waals surface area contributed by atoms with Crippen LogP contribution >= 0.6 is 11.6 Å². The van der Waals surface area contributed by atoms with E-state index in [-0.39, 0.29) is 17.6 Å². The van der Waals surface area contributed by atoms with Gasteiger partial charge in [0.2, 0.25) is 0 Å². The molecule has 1 aromatic heterocycles. The third kappa shape index (κ3) is 3.60. The van der Waals surface area contributed by atoms with Gasteiger partial charge in [0.25, 0.3) is 5.91 Å². The smallest absolute Gasteiger partial charge is 0.345 e. The van der Waals surface area contributed by atoms with Crippen LogP contribution in [-0.2, 0) is 20.0 Å². The van der Waals surface area contributed by atoms with E-state index in [9.17, 15) is 9.59 Å². The fourth-order valence-electron chi connectivity index (χ4n) is 3.97. The first kappa shape index (κ1) is 18.1. The SMILES string of the molecule is Cn1nc2n(c1=O)CCC(NC(=O)c1ccc(N3CCCC3)c(Cl)c1)CC2. The molecule has 7 nitrogen and oxygen atoms in total. The zero-order chi connectivity index (χ0) is 19.0. The van der Waals surface area contributed by atoms with Crippen molar-refractivity contribution in [2.75, 3.05) is 18.0 Å². The van der Waals surface area contributed by atoms with Gasteiger partial charge in [-0.05, 0) is 43.9 Å². The molecule has 2 aliphatic heterocycles. The van der Waals surface area contributed by atoms with Crippen molar-refractivity contribution in [2.45, 2.75) is 44.7 Å². The summed E-state index contributed by atoms with van der Waals surface area (Å²) in [5.41, 5.74) is 1.48. The highest BCUT2D eigenvalue weighted by atomic mass is 35.5. The number of benzene rings is 1. The molecule has 0 spiro atoms. The van der Waals surface area contributed by atoms with Gasteiger partial charge < -0.3 is 10.2 Å². The van der Waals surface area contributed by atoms with Crippen LogP contribution in [0.5, 0.6) is 0 Å². The maximum absolute atomic E-state index is 12.7. The van der Waals surface area contributed by atoms with Crippen LogP contribution in [0.2, 0.25) is 5.02 Å². The summed E-state index contributed by atoms with van der Waals surface area (Å²) in [7, 11) is 1.67. The number of carbonyl (C=O) groups excluding carboxylic acids is 1. The number of hydrogen-bond acceptors (Lipinski definition) is 4. The Morgan fingerprint density at radius 2 is 2.00 bits per heavy atom. The standard InChI is InChI=1S/C19H24ClN5O2/c1-23-19(27)25-11-8-14(5-7-17(25)22-23)21-18(26)13-4-6-16(15(20)12-13)24-9-2-3-10-24/h4,6,12,14H,2-3,5,7-11H2,1H3,(H,21,26). The van der Waals surface area contributed by atoms with Gasteiger partial charge in [0.05, 0.1) is 10.7 Å². The van der Waals surface area contributed by atoms with Crippen LogP contribution in [-0.4, -0.2) is 39.4 Å².